The lowest BCUT2D eigenvalue weighted by Gasteiger charge is -2.06. The molecule has 0 bridgehead atoms. The van der Waals surface area contributed by atoms with E-state index < -0.39 is 0 Å². The summed E-state index contributed by atoms with van der Waals surface area (Å²) in [6.07, 6.45) is 1.89. The summed E-state index contributed by atoms with van der Waals surface area (Å²) in [5.74, 6) is 1.79. The van der Waals surface area contributed by atoms with Gasteiger partial charge in [0.25, 0.3) is 0 Å². The molecule has 2 atom stereocenters. The maximum Gasteiger partial charge on any atom is 0.231 e. The highest BCUT2D eigenvalue weighted by atomic mass is 16.5. The van der Waals surface area contributed by atoms with Gasteiger partial charge in [-0.3, -0.25) is 0 Å². The molecule has 1 aromatic rings. The van der Waals surface area contributed by atoms with Crippen molar-refractivity contribution >= 4 is 0 Å². The van der Waals surface area contributed by atoms with E-state index in [1.807, 2.05) is 6.92 Å². The Morgan fingerprint density at radius 2 is 2.53 bits per heavy atom. The number of aromatic nitrogens is 2. The van der Waals surface area contributed by atoms with Crippen molar-refractivity contribution in [3.8, 4) is 0 Å². The Labute approximate surface area is 89.2 Å². The first-order chi connectivity index (χ1) is 7.35. The number of methoxy groups -OCH3 is 1. The largest absolute Gasteiger partial charge is 0.373 e. The highest BCUT2D eigenvalue weighted by molar-refractivity contribution is 4.99. The van der Waals surface area contributed by atoms with Gasteiger partial charge in [-0.2, -0.15) is 4.98 Å². The van der Waals surface area contributed by atoms with Gasteiger partial charge in [-0.15, -0.1) is 0 Å². The smallest absolute Gasteiger partial charge is 0.231 e. The zero-order chi connectivity index (χ0) is 10.7. The summed E-state index contributed by atoms with van der Waals surface area (Å²) in [7, 11) is 1.67. The molecule has 5 heteroatoms. The maximum absolute atomic E-state index is 5.26. The minimum atomic E-state index is -0.0446. The standard InChI is InChI=1S/C10H17N3O2/c1-3-8(14-2)9-12-10(15-13-9)7-4-5-11-6-7/h7-8,11H,3-6H2,1-2H3. The summed E-state index contributed by atoms with van der Waals surface area (Å²) in [5.41, 5.74) is 0. The first-order valence-corrected chi connectivity index (χ1v) is 5.42. The molecule has 0 amide bonds. The molecule has 1 aliphatic rings. The van der Waals surface area contributed by atoms with Crippen LogP contribution in [0.3, 0.4) is 0 Å². The Morgan fingerprint density at radius 3 is 3.13 bits per heavy atom. The monoisotopic (exact) mass is 211 g/mol. The molecule has 0 spiro atoms. The van der Waals surface area contributed by atoms with Gasteiger partial charge in [0, 0.05) is 13.7 Å². The van der Waals surface area contributed by atoms with Crippen LogP contribution in [0.1, 0.15) is 43.5 Å². The zero-order valence-corrected chi connectivity index (χ0v) is 9.19. The Kier molecular flexibility index (Phi) is 3.33. The van der Waals surface area contributed by atoms with Gasteiger partial charge in [-0.05, 0) is 19.4 Å². The Morgan fingerprint density at radius 1 is 1.67 bits per heavy atom. The molecule has 2 heterocycles. The predicted molar refractivity (Wildman–Crippen MR) is 54.6 cm³/mol. The third-order valence-corrected chi connectivity index (χ3v) is 2.81. The molecule has 1 aromatic heterocycles. The van der Waals surface area contributed by atoms with Crippen molar-refractivity contribution in [3.63, 3.8) is 0 Å². The third kappa shape index (κ3) is 2.18. The molecule has 0 radical (unpaired) electrons. The van der Waals surface area contributed by atoms with Gasteiger partial charge in [-0.1, -0.05) is 12.1 Å². The molecule has 15 heavy (non-hydrogen) atoms. The molecule has 0 aromatic carbocycles. The molecule has 5 nitrogen and oxygen atoms in total. The van der Waals surface area contributed by atoms with Crippen LogP contribution in [0.15, 0.2) is 4.52 Å². The highest BCUT2D eigenvalue weighted by Crippen LogP contribution is 2.23. The van der Waals surface area contributed by atoms with Crippen molar-refractivity contribution in [1.29, 1.82) is 0 Å². The van der Waals surface area contributed by atoms with Crippen molar-refractivity contribution in [3.05, 3.63) is 11.7 Å². The summed E-state index contributed by atoms with van der Waals surface area (Å²) in [5, 5.41) is 7.24. The van der Waals surface area contributed by atoms with E-state index in [1.165, 1.54) is 0 Å². The fraction of sp³-hybridized carbons (Fsp3) is 0.800. The zero-order valence-electron chi connectivity index (χ0n) is 9.19. The SMILES string of the molecule is CCC(OC)c1noc(C2CCNC2)n1. The normalized spacial score (nSPS) is 23.2. The number of rotatable bonds is 4. The van der Waals surface area contributed by atoms with Crippen LogP contribution in [0.25, 0.3) is 0 Å². The lowest BCUT2D eigenvalue weighted by molar-refractivity contribution is 0.0903. The van der Waals surface area contributed by atoms with E-state index in [0.29, 0.717) is 11.7 Å². The van der Waals surface area contributed by atoms with E-state index in [4.69, 9.17) is 9.26 Å². The van der Waals surface area contributed by atoms with E-state index in [-0.39, 0.29) is 6.10 Å². The summed E-state index contributed by atoms with van der Waals surface area (Å²) in [6.45, 7) is 4.01. The van der Waals surface area contributed by atoms with Crippen LogP contribution < -0.4 is 5.32 Å². The second kappa shape index (κ2) is 4.72. The van der Waals surface area contributed by atoms with Crippen LogP contribution in [0.4, 0.5) is 0 Å². The molecule has 84 valence electrons. The molecule has 0 saturated carbocycles. The number of ether oxygens (including phenoxy) is 1. The average Bonchev–Trinajstić information content (AvgIpc) is 2.89. The summed E-state index contributed by atoms with van der Waals surface area (Å²) in [6, 6.07) is 0. The highest BCUT2D eigenvalue weighted by Gasteiger charge is 2.24. The van der Waals surface area contributed by atoms with Crippen LogP contribution in [0.5, 0.6) is 0 Å². The van der Waals surface area contributed by atoms with Crippen molar-refractivity contribution in [1.82, 2.24) is 15.5 Å². The molecule has 2 unspecified atom stereocenters. The van der Waals surface area contributed by atoms with Gasteiger partial charge in [0.1, 0.15) is 6.10 Å². The summed E-state index contributed by atoms with van der Waals surface area (Å²) in [4.78, 5) is 4.39. The van der Waals surface area contributed by atoms with Gasteiger partial charge in [0.05, 0.1) is 5.92 Å². The van der Waals surface area contributed by atoms with E-state index >= 15 is 0 Å². The molecule has 0 aliphatic carbocycles. The lowest BCUT2D eigenvalue weighted by Crippen LogP contribution is -2.08. The number of nitrogens with zero attached hydrogens (tertiary/aromatic N) is 2. The first-order valence-electron chi connectivity index (χ1n) is 5.42. The fourth-order valence-electron chi connectivity index (χ4n) is 1.86. The predicted octanol–water partition coefficient (Wildman–Crippen LogP) is 1.24. The fourth-order valence-corrected chi connectivity index (χ4v) is 1.86. The molecule has 1 aliphatic heterocycles. The van der Waals surface area contributed by atoms with Gasteiger partial charge in [0.15, 0.2) is 0 Å². The van der Waals surface area contributed by atoms with Gasteiger partial charge >= 0.3 is 0 Å². The van der Waals surface area contributed by atoms with Crippen molar-refractivity contribution in [2.45, 2.75) is 31.8 Å². The second-order valence-corrected chi connectivity index (χ2v) is 3.81. The second-order valence-electron chi connectivity index (χ2n) is 3.81. The van der Waals surface area contributed by atoms with Gasteiger partial charge < -0.3 is 14.6 Å². The Balaban J connectivity index is 2.08. The molecular formula is C10H17N3O2. The number of hydrogen-bond donors (Lipinski definition) is 1. The van der Waals surface area contributed by atoms with E-state index in [1.54, 1.807) is 7.11 Å². The van der Waals surface area contributed by atoms with Crippen molar-refractivity contribution in [2.24, 2.45) is 0 Å². The van der Waals surface area contributed by atoms with Crippen LogP contribution in [0, 0.1) is 0 Å². The minimum Gasteiger partial charge on any atom is -0.373 e. The number of hydrogen-bond acceptors (Lipinski definition) is 5. The van der Waals surface area contributed by atoms with Crippen LogP contribution in [0.2, 0.25) is 0 Å². The summed E-state index contributed by atoms with van der Waals surface area (Å²) >= 11 is 0. The van der Waals surface area contributed by atoms with Crippen LogP contribution in [-0.4, -0.2) is 30.3 Å². The van der Waals surface area contributed by atoms with Crippen molar-refractivity contribution < 1.29 is 9.26 Å². The average molecular weight is 211 g/mol. The topological polar surface area (TPSA) is 60.2 Å². The quantitative estimate of drug-likeness (QED) is 0.812. The van der Waals surface area contributed by atoms with E-state index in [9.17, 15) is 0 Å². The molecular weight excluding hydrogens is 194 g/mol. The summed E-state index contributed by atoms with van der Waals surface area (Å²) < 4.78 is 10.5. The lowest BCUT2D eigenvalue weighted by atomic mass is 10.1. The molecule has 1 fully saturated rings. The third-order valence-electron chi connectivity index (χ3n) is 2.81. The van der Waals surface area contributed by atoms with Gasteiger partial charge in [0.2, 0.25) is 11.7 Å². The molecule has 1 N–H and O–H groups in total. The van der Waals surface area contributed by atoms with Crippen molar-refractivity contribution in [2.75, 3.05) is 20.2 Å². The Hall–Kier alpha value is -0.940. The van der Waals surface area contributed by atoms with E-state index in [0.717, 1.165) is 31.8 Å². The van der Waals surface area contributed by atoms with Crippen LogP contribution >= 0.6 is 0 Å². The first kappa shape index (κ1) is 10.6. The molecule has 2 rings (SSSR count). The maximum atomic E-state index is 5.26. The van der Waals surface area contributed by atoms with E-state index in [2.05, 4.69) is 15.5 Å². The van der Waals surface area contributed by atoms with Gasteiger partial charge in [-0.25, -0.2) is 0 Å². The molecule has 1 saturated heterocycles. The van der Waals surface area contributed by atoms with Crippen LogP contribution in [-0.2, 0) is 4.74 Å². The number of nitrogens with one attached hydrogen (secondary N) is 1. The Bertz CT molecular complexity index is 287. The minimum absolute atomic E-state index is 0.0446.